The number of aliphatic hydroxyl groups excluding tert-OH is 1. The van der Waals surface area contributed by atoms with Crippen LogP contribution >= 0.6 is 0 Å². The molecule has 0 radical (unpaired) electrons. The average molecular weight is 182 g/mol. The predicted molar refractivity (Wildman–Crippen MR) is 49.6 cm³/mol. The van der Waals surface area contributed by atoms with Crippen LogP contribution in [0.25, 0.3) is 0 Å². The van der Waals surface area contributed by atoms with E-state index < -0.39 is 6.23 Å². The Labute approximate surface area is 77.3 Å². The van der Waals surface area contributed by atoms with Crippen LogP contribution in [-0.2, 0) is 4.79 Å². The first-order chi connectivity index (χ1) is 6.09. The monoisotopic (exact) mass is 182 g/mol. The van der Waals surface area contributed by atoms with Gasteiger partial charge in [0.2, 0.25) is 0 Å². The first kappa shape index (κ1) is 9.80. The van der Waals surface area contributed by atoms with Crippen LogP contribution in [0.2, 0.25) is 0 Å². The summed E-state index contributed by atoms with van der Waals surface area (Å²) in [5.74, 6) is -0.196. The number of rotatable bonds is 2. The van der Waals surface area contributed by atoms with Gasteiger partial charge in [0.15, 0.2) is 0 Å². The van der Waals surface area contributed by atoms with Crippen molar-refractivity contribution in [3.05, 3.63) is 23.9 Å². The Morgan fingerprint density at radius 1 is 1.69 bits per heavy atom. The van der Waals surface area contributed by atoms with Crippen molar-refractivity contribution in [3.8, 4) is 0 Å². The molecule has 4 heteroatoms. The molecule has 0 fully saturated rings. The van der Waals surface area contributed by atoms with E-state index in [0.29, 0.717) is 5.70 Å². The van der Waals surface area contributed by atoms with Crippen LogP contribution < -0.4 is 10.6 Å². The highest BCUT2D eigenvalue weighted by atomic mass is 16.3. The van der Waals surface area contributed by atoms with Crippen LogP contribution in [0.3, 0.4) is 0 Å². The van der Waals surface area contributed by atoms with Gasteiger partial charge in [0.05, 0.1) is 0 Å². The second-order valence-electron chi connectivity index (χ2n) is 3.18. The number of allylic oxidation sites excluding steroid dienone is 2. The fraction of sp³-hybridized carbons (Fsp3) is 0.444. The topological polar surface area (TPSA) is 61.4 Å². The lowest BCUT2D eigenvalue weighted by atomic mass is 10.2. The van der Waals surface area contributed by atoms with Crippen LogP contribution in [0.1, 0.15) is 13.8 Å². The summed E-state index contributed by atoms with van der Waals surface area (Å²) in [5, 5.41) is 14.5. The molecule has 4 nitrogen and oxygen atoms in total. The van der Waals surface area contributed by atoms with E-state index in [0.717, 1.165) is 0 Å². The highest BCUT2D eigenvalue weighted by Gasteiger charge is 2.13. The summed E-state index contributed by atoms with van der Waals surface area (Å²) in [6.07, 6.45) is 4.07. The molecule has 72 valence electrons. The van der Waals surface area contributed by atoms with E-state index in [1.165, 1.54) is 0 Å². The van der Waals surface area contributed by atoms with E-state index in [1.54, 1.807) is 18.2 Å². The summed E-state index contributed by atoms with van der Waals surface area (Å²) < 4.78 is 0. The number of amides is 1. The average Bonchev–Trinajstić information content (AvgIpc) is 2.03. The number of dihydropyridines is 1. The van der Waals surface area contributed by atoms with Crippen LogP contribution in [-0.4, -0.2) is 23.3 Å². The van der Waals surface area contributed by atoms with Crippen LogP contribution in [0, 0.1) is 0 Å². The summed E-state index contributed by atoms with van der Waals surface area (Å²) >= 11 is 0. The second-order valence-corrected chi connectivity index (χ2v) is 3.18. The van der Waals surface area contributed by atoms with Gasteiger partial charge in [0.1, 0.15) is 11.9 Å². The van der Waals surface area contributed by atoms with Crippen molar-refractivity contribution in [2.24, 2.45) is 0 Å². The molecule has 1 amide bonds. The van der Waals surface area contributed by atoms with Gasteiger partial charge in [0, 0.05) is 6.04 Å². The minimum Gasteiger partial charge on any atom is -0.370 e. The zero-order valence-corrected chi connectivity index (χ0v) is 7.74. The number of hydrogen-bond acceptors (Lipinski definition) is 3. The number of nitrogens with one attached hydrogen (secondary N) is 2. The molecule has 0 aliphatic carbocycles. The molecule has 0 aromatic heterocycles. The highest BCUT2D eigenvalue weighted by Crippen LogP contribution is 2.00. The molecule has 3 N–H and O–H groups in total. The van der Waals surface area contributed by atoms with Crippen molar-refractivity contribution in [1.82, 2.24) is 10.6 Å². The third-order valence-electron chi connectivity index (χ3n) is 1.52. The van der Waals surface area contributed by atoms with Gasteiger partial charge >= 0.3 is 0 Å². The summed E-state index contributed by atoms with van der Waals surface area (Å²) in [6, 6.07) is 0.0956. The summed E-state index contributed by atoms with van der Waals surface area (Å²) in [4.78, 5) is 11.4. The van der Waals surface area contributed by atoms with E-state index in [9.17, 15) is 4.79 Å². The summed E-state index contributed by atoms with van der Waals surface area (Å²) in [7, 11) is 0. The van der Waals surface area contributed by atoms with Crippen molar-refractivity contribution < 1.29 is 9.90 Å². The van der Waals surface area contributed by atoms with Crippen molar-refractivity contribution in [2.45, 2.75) is 26.1 Å². The van der Waals surface area contributed by atoms with Crippen LogP contribution in [0.5, 0.6) is 0 Å². The lowest BCUT2D eigenvalue weighted by Crippen LogP contribution is -2.40. The molecule has 0 aromatic rings. The molecule has 0 saturated heterocycles. The smallest absolute Gasteiger partial charge is 0.267 e. The van der Waals surface area contributed by atoms with Crippen LogP contribution in [0.4, 0.5) is 0 Å². The first-order valence-electron chi connectivity index (χ1n) is 4.23. The molecule has 1 heterocycles. The normalized spacial score (nSPS) is 20.9. The Morgan fingerprint density at radius 3 is 2.92 bits per heavy atom. The maximum absolute atomic E-state index is 11.4. The van der Waals surface area contributed by atoms with E-state index in [2.05, 4.69) is 10.6 Å². The molecular formula is C9H14N2O2. The minimum absolute atomic E-state index is 0.0956. The van der Waals surface area contributed by atoms with E-state index >= 15 is 0 Å². The molecule has 1 aliphatic heterocycles. The van der Waals surface area contributed by atoms with Gasteiger partial charge in [0.25, 0.3) is 5.91 Å². The largest absolute Gasteiger partial charge is 0.370 e. The number of aliphatic hydroxyl groups is 1. The third-order valence-corrected chi connectivity index (χ3v) is 1.52. The molecule has 0 saturated carbocycles. The maximum Gasteiger partial charge on any atom is 0.267 e. The quantitative estimate of drug-likeness (QED) is 0.557. The fourth-order valence-corrected chi connectivity index (χ4v) is 0.994. The van der Waals surface area contributed by atoms with Gasteiger partial charge < -0.3 is 15.7 Å². The lowest BCUT2D eigenvalue weighted by molar-refractivity contribution is -0.118. The van der Waals surface area contributed by atoms with Crippen molar-refractivity contribution in [3.63, 3.8) is 0 Å². The molecule has 1 aliphatic rings. The van der Waals surface area contributed by atoms with E-state index in [-0.39, 0.29) is 11.9 Å². The standard InChI is InChI=1S/C9H14N2O2/c1-6(2)10-9(13)7-4-3-5-8(12)11-7/h3-6,8,11-12H,1-2H3,(H,10,13). The third kappa shape index (κ3) is 2.91. The number of hydrogen-bond donors (Lipinski definition) is 3. The SMILES string of the molecule is CC(C)NC(=O)C1=CC=CC(O)N1. The maximum atomic E-state index is 11.4. The Morgan fingerprint density at radius 2 is 2.38 bits per heavy atom. The molecule has 1 rings (SSSR count). The van der Waals surface area contributed by atoms with Crippen molar-refractivity contribution in [1.29, 1.82) is 0 Å². The minimum atomic E-state index is -0.766. The van der Waals surface area contributed by atoms with Gasteiger partial charge in [-0.05, 0) is 26.0 Å². The molecule has 0 aromatic carbocycles. The highest BCUT2D eigenvalue weighted by molar-refractivity contribution is 5.93. The second kappa shape index (κ2) is 4.09. The lowest BCUT2D eigenvalue weighted by Gasteiger charge is -2.17. The summed E-state index contributed by atoms with van der Waals surface area (Å²) in [6.45, 7) is 3.76. The van der Waals surface area contributed by atoms with Crippen molar-refractivity contribution >= 4 is 5.91 Å². The Bertz CT molecular complexity index is 256. The number of carbonyl (C=O) groups is 1. The molecule has 1 atom stereocenters. The summed E-state index contributed by atoms with van der Waals surface area (Å²) in [5.41, 5.74) is 0.392. The molecular weight excluding hydrogens is 168 g/mol. The van der Waals surface area contributed by atoms with Crippen molar-refractivity contribution in [2.75, 3.05) is 0 Å². The first-order valence-corrected chi connectivity index (χ1v) is 4.23. The molecule has 0 bridgehead atoms. The molecule has 1 unspecified atom stereocenters. The van der Waals surface area contributed by atoms with Crippen LogP contribution in [0.15, 0.2) is 23.9 Å². The van der Waals surface area contributed by atoms with E-state index in [1.807, 2.05) is 13.8 Å². The van der Waals surface area contributed by atoms with Gasteiger partial charge in [-0.3, -0.25) is 4.79 Å². The number of carbonyl (C=O) groups excluding carboxylic acids is 1. The van der Waals surface area contributed by atoms with Gasteiger partial charge in [-0.1, -0.05) is 6.08 Å². The predicted octanol–water partition coefficient (Wildman–Crippen LogP) is -0.127. The zero-order valence-electron chi connectivity index (χ0n) is 7.74. The Hall–Kier alpha value is -1.29. The molecule has 13 heavy (non-hydrogen) atoms. The van der Waals surface area contributed by atoms with Gasteiger partial charge in [-0.25, -0.2) is 0 Å². The van der Waals surface area contributed by atoms with E-state index in [4.69, 9.17) is 5.11 Å². The Balaban J connectivity index is 2.57. The fourth-order valence-electron chi connectivity index (χ4n) is 0.994. The van der Waals surface area contributed by atoms with Gasteiger partial charge in [-0.15, -0.1) is 0 Å². The molecule has 0 spiro atoms. The Kier molecular flexibility index (Phi) is 3.08. The zero-order chi connectivity index (χ0) is 9.84. The van der Waals surface area contributed by atoms with Gasteiger partial charge in [-0.2, -0.15) is 0 Å².